The van der Waals surface area contributed by atoms with Gasteiger partial charge in [-0.15, -0.1) is 0 Å². The van der Waals surface area contributed by atoms with Gasteiger partial charge in [0.1, 0.15) is 12.3 Å². The monoisotopic (exact) mass is 410 g/mol. The first-order valence-electron chi connectivity index (χ1n) is 10.1. The second-order valence-electron chi connectivity index (χ2n) is 6.98. The number of carbonyl (C=O) groups is 3. The summed E-state index contributed by atoms with van der Waals surface area (Å²) in [6.07, 6.45) is 2.85. The van der Waals surface area contributed by atoms with Crippen molar-refractivity contribution in [1.82, 2.24) is 10.6 Å². The summed E-state index contributed by atoms with van der Waals surface area (Å²) in [6.45, 7) is 1.53. The zero-order valence-corrected chi connectivity index (χ0v) is 17.0. The molecule has 1 atom stereocenters. The van der Waals surface area contributed by atoms with Gasteiger partial charge in [0.2, 0.25) is 0 Å². The van der Waals surface area contributed by atoms with Crippen molar-refractivity contribution in [2.75, 3.05) is 19.8 Å². The van der Waals surface area contributed by atoms with Crippen molar-refractivity contribution in [1.29, 1.82) is 0 Å². The van der Waals surface area contributed by atoms with Crippen LogP contribution in [0, 0.1) is 0 Å². The number of benzene rings is 2. The van der Waals surface area contributed by atoms with Gasteiger partial charge >= 0.3 is 5.97 Å². The van der Waals surface area contributed by atoms with E-state index in [1.165, 1.54) is 5.56 Å². The molecule has 0 aliphatic heterocycles. The molecule has 1 aliphatic carbocycles. The molecule has 0 bridgehead atoms. The lowest BCUT2D eigenvalue weighted by atomic mass is 9.88. The summed E-state index contributed by atoms with van der Waals surface area (Å²) in [5, 5.41) is 5.41. The van der Waals surface area contributed by atoms with Crippen molar-refractivity contribution in [2.45, 2.75) is 32.2 Å². The van der Waals surface area contributed by atoms with Crippen LogP contribution in [0.4, 0.5) is 0 Å². The van der Waals surface area contributed by atoms with E-state index >= 15 is 0 Å². The average Bonchev–Trinajstić information content (AvgIpc) is 2.77. The van der Waals surface area contributed by atoms with Gasteiger partial charge in [-0.1, -0.05) is 36.4 Å². The fraction of sp³-hybridized carbons (Fsp3) is 0.348. The van der Waals surface area contributed by atoms with Crippen molar-refractivity contribution in [3.63, 3.8) is 0 Å². The second-order valence-corrected chi connectivity index (χ2v) is 6.98. The van der Waals surface area contributed by atoms with Gasteiger partial charge in [0.25, 0.3) is 11.8 Å². The summed E-state index contributed by atoms with van der Waals surface area (Å²) in [7, 11) is 0. The van der Waals surface area contributed by atoms with Gasteiger partial charge in [-0.2, -0.15) is 0 Å². The highest BCUT2D eigenvalue weighted by Gasteiger charge is 2.22. The molecule has 30 heavy (non-hydrogen) atoms. The fourth-order valence-corrected chi connectivity index (χ4v) is 3.52. The number of carbonyl (C=O) groups excluding carboxylic acids is 3. The minimum absolute atomic E-state index is 0.0732. The third-order valence-corrected chi connectivity index (χ3v) is 4.89. The van der Waals surface area contributed by atoms with Crippen LogP contribution in [0.25, 0.3) is 0 Å². The van der Waals surface area contributed by atoms with E-state index in [-0.39, 0.29) is 25.1 Å². The number of amides is 2. The zero-order valence-electron chi connectivity index (χ0n) is 17.0. The molecule has 2 amide bonds. The number of rotatable bonds is 8. The number of nitrogens with one attached hydrogen (secondary N) is 2. The maximum absolute atomic E-state index is 12.3. The quantitative estimate of drug-likeness (QED) is 0.653. The van der Waals surface area contributed by atoms with Gasteiger partial charge in [0, 0.05) is 0 Å². The molecule has 0 saturated heterocycles. The van der Waals surface area contributed by atoms with E-state index in [0.29, 0.717) is 17.9 Å². The SMILES string of the molecule is CCOc1ccccc1C(=O)NCC(=O)OCC(=O)N[C@@H]1CCCc2ccccc21. The van der Waals surface area contributed by atoms with Gasteiger partial charge in [0.05, 0.1) is 18.2 Å². The molecule has 0 saturated carbocycles. The van der Waals surface area contributed by atoms with Gasteiger partial charge in [0.15, 0.2) is 6.61 Å². The number of hydrogen-bond acceptors (Lipinski definition) is 5. The molecule has 7 heteroatoms. The third-order valence-electron chi connectivity index (χ3n) is 4.89. The van der Waals surface area contributed by atoms with E-state index in [1.54, 1.807) is 24.3 Å². The Morgan fingerprint density at radius 2 is 1.83 bits per heavy atom. The highest BCUT2D eigenvalue weighted by atomic mass is 16.5. The van der Waals surface area contributed by atoms with Crippen LogP contribution in [-0.4, -0.2) is 37.5 Å². The van der Waals surface area contributed by atoms with E-state index in [9.17, 15) is 14.4 Å². The van der Waals surface area contributed by atoms with E-state index < -0.39 is 11.9 Å². The number of aryl methyl sites for hydroxylation is 1. The molecule has 2 aromatic rings. The van der Waals surface area contributed by atoms with E-state index in [4.69, 9.17) is 9.47 Å². The van der Waals surface area contributed by atoms with Gasteiger partial charge in [-0.25, -0.2) is 0 Å². The first kappa shape index (κ1) is 21.4. The number of esters is 1. The molecule has 1 aliphatic rings. The lowest BCUT2D eigenvalue weighted by Crippen LogP contribution is -2.36. The van der Waals surface area contributed by atoms with Crippen LogP contribution in [0.15, 0.2) is 48.5 Å². The van der Waals surface area contributed by atoms with Gasteiger partial charge in [-0.3, -0.25) is 14.4 Å². The maximum Gasteiger partial charge on any atom is 0.325 e. The summed E-state index contributed by atoms with van der Waals surface area (Å²) >= 11 is 0. The molecule has 3 rings (SSSR count). The molecule has 0 fully saturated rings. The van der Waals surface area contributed by atoms with Crippen LogP contribution < -0.4 is 15.4 Å². The Hall–Kier alpha value is -3.35. The Morgan fingerprint density at radius 3 is 2.67 bits per heavy atom. The highest BCUT2D eigenvalue weighted by molar-refractivity contribution is 5.98. The normalized spacial score (nSPS) is 14.9. The van der Waals surface area contributed by atoms with Crippen molar-refractivity contribution >= 4 is 17.8 Å². The Morgan fingerprint density at radius 1 is 1.07 bits per heavy atom. The molecule has 158 valence electrons. The Bertz CT molecular complexity index is 912. The summed E-state index contributed by atoms with van der Waals surface area (Å²) in [5.74, 6) is -1.05. The molecular weight excluding hydrogens is 384 g/mol. The molecule has 0 unspecified atom stereocenters. The largest absolute Gasteiger partial charge is 0.493 e. The molecule has 0 spiro atoms. The number of fused-ring (bicyclic) bond motifs is 1. The topological polar surface area (TPSA) is 93.7 Å². The third kappa shape index (κ3) is 5.59. The van der Waals surface area contributed by atoms with Crippen LogP contribution in [0.3, 0.4) is 0 Å². The summed E-state index contributed by atoms with van der Waals surface area (Å²) in [5.41, 5.74) is 2.69. The van der Waals surface area contributed by atoms with Crippen LogP contribution in [0.1, 0.15) is 47.3 Å². The maximum atomic E-state index is 12.3. The van der Waals surface area contributed by atoms with Crippen molar-refractivity contribution in [3.05, 3.63) is 65.2 Å². The minimum Gasteiger partial charge on any atom is -0.493 e. The average molecular weight is 410 g/mol. The Kier molecular flexibility index (Phi) is 7.43. The minimum atomic E-state index is -0.684. The molecule has 0 heterocycles. The molecule has 2 N–H and O–H groups in total. The molecule has 2 aromatic carbocycles. The fourth-order valence-electron chi connectivity index (χ4n) is 3.52. The van der Waals surface area contributed by atoms with E-state index in [1.807, 2.05) is 25.1 Å². The summed E-state index contributed by atoms with van der Waals surface area (Å²) in [4.78, 5) is 36.4. The summed E-state index contributed by atoms with van der Waals surface area (Å²) in [6, 6.07) is 14.7. The van der Waals surface area contributed by atoms with E-state index in [2.05, 4.69) is 16.7 Å². The van der Waals surface area contributed by atoms with Crippen LogP contribution >= 0.6 is 0 Å². The standard InChI is InChI=1S/C23H26N2O5/c1-2-29-20-13-6-5-11-18(20)23(28)24-14-22(27)30-15-21(26)25-19-12-7-9-16-8-3-4-10-17(16)19/h3-6,8,10-11,13,19H,2,7,9,12,14-15H2,1H3,(H,24,28)(H,25,26)/t19-/m1/s1. The number of para-hydroxylation sites is 1. The molecular formula is C23H26N2O5. The number of ether oxygens (including phenoxy) is 2. The predicted octanol–water partition coefficient (Wildman–Crippen LogP) is 2.55. The van der Waals surface area contributed by atoms with Crippen molar-refractivity contribution in [3.8, 4) is 5.75 Å². The van der Waals surface area contributed by atoms with Crippen molar-refractivity contribution < 1.29 is 23.9 Å². The molecule has 7 nitrogen and oxygen atoms in total. The summed E-state index contributed by atoms with van der Waals surface area (Å²) < 4.78 is 10.4. The zero-order chi connectivity index (χ0) is 21.3. The first-order chi connectivity index (χ1) is 14.6. The lowest BCUT2D eigenvalue weighted by Gasteiger charge is -2.26. The number of hydrogen-bond donors (Lipinski definition) is 2. The van der Waals surface area contributed by atoms with Gasteiger partial charge < -0.3 is 20.1 Å². The van der Waals surface area contributed by atoms with E-state index in [0.717, 1.165) is 24.8 Å². The van der Waals surface area contributed by atoms with Crippen LogP contribution in [0.5, 0.6) is 5.75 Å². The van der Waals surface area contributed by atoms with Crippen LogP contribution in [0.2, 0.25) is 0 Å². The smallest absolute Gasteiger partial charge is 0.325 e. The Labute approximate surface area is 175 Å². The molecule has 0 radical (unpaired) electrons. The lowest BCUT2D eigenvalue weighted by molar-refractivity contribution is -0.147. The predicted molar refractivity (Wildman–Crippen MR) is 111 cm³/mol. The first-order valence-corrected chi connectivity index (χ1v) is 10.1. The van der Waals surface area contributed by atoms with Gasteiger partial charge in [-0.05, 0) is 49.4 Å². The van der Waals surface area contributed by atoms with Crippen molar-refractivity contribution in [2.24, 2.45) is 0 Å². The Balaban J connectivity index is 1.44. The van der Waals surface area contributed by atoms with Crippen LogP contribution in [-0.2, 0) is 20.7 Å². The highest BCUT2D eigenvalue weighted by Crippen LogP contribution is 2.29. The second kappa shape index (κ2) is 10.4. The molecule has 0 aromatic heterocycles.